The molecule has 1 N–H and O–H groups in total. The predicted molar refractivity (Wildman–Crippen MR) is 121 cm³/mol. The highest BCUT2D eigenvalue weighted by Gasteiger charge is 2.30. The van der Waals surface area contributed by atoms with Crippen LogP contribution in [0, 0.1) is 0 Å². The highest BCUT2D eigenvalue weighted by molar-refractivity contribution is 7.92. The SMILES string of the molecule is CN(C)c1nc(N2CCCCC2)ncc1NS(=O)(=O)c1ccc(N2C(=O)CCC2=O)cc1. The number of benzene rings is 1. The number of hydrogen-bond donors (Lipinski definition) is 1. The number of rotatable bonds is 6. The predicted octanol–water partition coefficient (Wildman–Crippen LogP) is 1.99. The number of nitrogens with one attached hydrogen (secondary N) is 1. The van der Waals surface area contributed by atoms with Gasteiger partial charge in [-0.2, -0.15) is 4.98 Å². The third-order valence-electron chi connectivity index (χ3n) is 5.52. The van der Waals surface area contributed by atoms with E-state index in [0.29, 0.717) is 17.5 Å². The highest BCUT2D eigenvalue weighted by Crippen LogP contribution is 2.29. The molecular formula is C21H26N6O4S. The summed E-state index contributed by atoms with van der Waals surface area (Å²) in [6.07, 6.45) is 5.18. The minimum absolute atomic E-state index is 0.00478. The maximum atomic E-state index is 13.0. The van der Waals surface area contributed by atoms with Crippen molar-refractivity contribution in [3.63, 3.8) is 0 Å². The van der Waals surface area contributed by atoms with Gasteiger partial charge in [-0.1, -0.05) is 0 Å². The van der Waals surface area contributed by atoms with Gasteiger partial charge in [0.1, 0.15) is 5.69 Å². The van der Waals surface area contributed by atoms with Crippen LogP contribution in [-0.4, -0.2) is 57.4 Å². The minimum Gasteiger partial charge on any atom is -0.361 e. The maximum Gasteiger partial charge on any atom is 0.262 e. The number of piperidine rings is 1. The van der Waals surface area contributed by atoms with Crippen molar-refractivity contribution in [1.29, 1.82) is 0 Å². The van der Waals surface area contributed by atoms with Crippen molar-refractivity contribution in [2.45, 2.75) is 37.0 Å². The zero-order chi connectivity index (χ0) is 22.9. The largest absolute Gasteiger partial charge is 0.361 e. The van der Waals surface area contributed by atoms with Crippen LogP contribution in [0.4, 0.5) is 23.1 Å². The van der Waals surface area contributed by atoms with Gasteiger partial charge in [-0.25, -0.2) is 13.4 Å². The summed E-state index contributed by atoms with van der Waals surface area (Å²) in [4.78, 5) is 37.7. The van der Waals surface area contributed by atoms with E-state index in [9.17, 15) is 18.0 Å². The van der Waals surface area contributed by atoms with E-state index in [-0.39, 0.29) is 35.2 Å². The molecule has 2 aromatic rings. The Morgan fingerprint density at radius 1 is 0.969 bits per heavy atom. The van der Waals surface area contributed by atoms with Crippen molar-refractivity contribution in [3.8, 4) is 0 Å². The van der Waals surface area contributed by atoms with Crippen LogP contribution in [0.15, 0.2) is 35.4 Å². The molecule has 2 saturated heterocycles. The number of sulfonamides is 1. The number of nitrogens with zero attached hydrogens (tertiary/aromatic N) is 5. The zero-order valence-corrected chi connectivity index (χ0v) is 18.9. The zero-order valence-electron chi connectivity index (χ0n) is 18.1. The molecule has 170 valence electrons. The highest BCUT2D eigenvalue weighted by atomic mass is 32.2. The van der Waals surface area contributed by atoms with E-state index in [1.807, 2.05) is 0 Å². The van der Waals surface area contributed by atoms with Crippen LogP contribution >= 0.6 is 0 Å². The van der Waals surface area contributed by atoms with Gasteiger partial charge in [0.2, 0.25) is 17.8 Å². The van der Waals surface area contributed by atoms with Crippen molar-refractivity contribution in [1.82, 2.24) is 9.97 Å². The van der Waals surface area contributed by atoms with Crippen molar-refractivity contribution in [2.75, 3.05) is 46.6 Å². The van der Waals surface area contributed by atoms with Gasteiger partial charge in [0, 0.05) is 40.0 Å². The van der Waals surface area contributed by atoms with Gasteiger partial charge in [-0.15, -0.1) is 0 Å². The molecule has 2 aliphatic heterocycles. The van der Waals surface area contributed by atoms with Crippen LogP contribution in [-0.2, 0) is 19.6 Å². The summed E-state index contributed by atoms with van der Waals surface area (Å²) in [5, 5.41) is 0. The van der Waals surface area contributed by atoms with Crippen LogP contribution in [0.1, 0.15) is 32.1 Å². The molecule has 1 aromatic carbocycles. The molecule has 0 aliphatic carbocycles. The van der Waals surface area contributed by atoms with E-state index in [4.69, 9.17) is 0 Å². The first kappa shape index (κ1) is 22.0. The third kappa shape index (κ3) is 4.38. The van der Waals surface area contributed by atoms with Gasteiger partial charge in [-0.05, 0) is 43.5 Å². The fourth-order valence-corrected chi connectivity index (χ4v) is 4.91. The number of carbonyl (C=O) groups excluding carboxylic acids is 2. The number of amides is 2. The lowest BCUT2D eigenvalue weighted by molar-refractivity contribution is -0.121. The Labute approximate surface area is 187 Å². The molecule has 4 rings (SSSR count). The maximum absolute atomic E-state index is 13.0. The third-order valence-corrected chi connectivity index (χ3v) is 6.90. The van der Waals surface area contributed by atoms with Crippen molar-refractivity contribution in [3.05, 3.63) is 30.5 Å². The molecule has 32 heavy (non-hydrogen) atoms. The Kier molecular flexibility index (Phi) is 6.00. The second-order valence-corrected chi connectivity index (χ2v) is 9.75. The normalized spacial score (nSPS) is 17.1. The lowest BCUT2D eigenvalue weighted by atomic mass is 10.1. The molecule has 10 nitrogen and oxygen atoms in total. The number of hydrogen-bond acceptors (Lipinski definition) is 8. The molecule has 0 bridgehead atoms. The quantitative estimate of drug-likeness (QED) is 0.654. The summed E-state index contributed by atoms with van der Waals surface area (Å²) in [5.41, 5.74) is 0.629. The summed E-state index contributed by atoms with van der Waals surface area (Å²) < 4.78 is 28.5. The molecular weight excluding hydrogens is 432 g/mol. The van der Waals surface area contributed by atoms with Gasteiger partial charge in [0.05, 0.1) is 16.8 Å². The lowest BCUT2D eigenvalue weighted by Crippen LogP contribution is -2.31. The molecule has 2 aliphatic rings. The molecule has 0 radical (unpaired) electrons. The van der Waals surface area contributed by atoms with Crippen LogP contribution in [0.5, 0.6) is 0 Å². The number of carbonyl (C=O) groups is 2. The number of aromatic nitrogens is 2. The Morgan fingerprint density at radius 2 is 1.59 bits per heavy atom. The van der Waals surface area contributed by atoms with Gasteiger partial charge in [-0.3, -0.25) is 19.2 Å². The van der Waals surface area contributed by atoms with Crippen LogP contribution in [0.25, 0.3) is 0 Å². The molecule has 11 heteroatoms. The van der Waals surface area contributed by atoms with Gasteiger partial charge < -0.3 is 9.80 Å². The number of imide groups is 1. The molecule has 1 aromatic heterocycles. The van der Waals surface area contributed by atoms with Gasteiger partial charge >= 0.3 is 0 Å². The Bertz CT molecular complexity index is 1110. The molecule has 0 spiro atoms. The smallest absolute Gasteiger partial charge is 0.262 e. The first-order chi connectivity index (χ1) is 15.3. The summed E-state index contributed by atoms with van der Waals surface area (Å²) in [6, 6.07) is 5.65. The summed E-state index contributed by atoms with van der Waals surface area (Å²) >= 11 is 0. The van der Waals surface area contributed by atoms with Crippen molar-refractivity contribution in [2.24, 2.45) is 0 Å². The fourth-order valence-electron chi connectivity index (χ4n) is 3.87. The van der Waals surface area contributed by atoms with E-state index in [1.54, 1.807) is 19.0 Å². The monoisotopic (exact) mass is 458 g/mol. The molecule has 0 atom stereocenters. The topological polar surface area (TPSA) is 116 Å². The lowest BCUT2D eigenvalue weighted by Gasteiger charge is -2.28. The second-order valence-electron chi connectivity index (χ2n) is 8.07. The summed E-state index contributed by atoms with van der Waals surface area (Å²) in [5.74, 6) is 0.477. The summed E-state index contributed by atoms with van der Waals surface area (Å²) in [7, 11) is -0.352. The standard InChI is InChI=1S/C21H26N6O4S/c1-25(2)20-17(14-22-21(23-20)26-12-4-3-5-13-26)24-32(30,31)16-8-6-15(7-9-16)27-18(28)10-11-19(27)29/h6-9,14,24H,3-5,10-13H2,1-2H3. The Balaban J connectivity index is 1.57. The van der Waals surface area contributed by atoms with Crippen LogP contribution in [0.2, 0.25) is 0 Å². The van der Waals surface area contributed by atoms with E-state index < -0.39 is 10.0 Å². The van der Waals surface area contributed by atoms with E-state index in [2.05, 4.69) is 19.6 Å². The first-order valence-corrected chi connectivity index (χ1v) is 12.0. The number of anilines is 4. The second kappa shape index (κ2) is 8.73. The van der Waals surface area contributed by atoms with E-state index in [0.717, 1.165) is 30.8 Å². The fraction of sp³-hybridized carbons (Fsp3) is 0.429. The van der Waals surface area contributed by atoms with Crippen molar-refractivity contribution >= 4 is 45.0 Å². The van der Waals surface area contributed by atoms with Crippen LogP contribution in [0.3, 0.4) is 0 Å². The van der Waals surface area contributed by atoms with E-state index >= 15 is 0 Å². The van der Waals surface area contributed by atoms with E-state index in [1.165, 1.54) is 36.9 Å². The van der Waals surface area contributed by atoms with Gasteiger partial charge in [0.25, 0.3) is 10.0 Å². The molecule has 0 unspecified atom stereocenters. The molecule has 0 saturated carbocycles. The van der Waals surface area contributed by atoms with Crippen LogP contribution < -0.4 is 19.4 Å². The molecule has 3 heterocycles. The van der Waals surface area contributed by atoms with Gasteiger partial charge in [0.15, 0.2) is 5.82 Å². The average Bonchev–Trinajstić information content (AvgIpc) is 3.12. The van der Waals surface area contributed by atoms with Crippen molar-refractivity contribution < 1.29 is 18.0 Å². The summed E-state index contributed by atoms with van der Waals surface area (Å²) in [6.45, 7) is 1.76. The minimum atomic E-state index is -3.93. The Hall–Kier alpha value is -3.21. The molecule has 2 amide bonds. The molecule has 2 fully saturated rings. The first-order valence-electron chi connectivity index (χ1n) is 10.5. The Morgan fingerprint density at radius 3 is 2.19 bits per heavy atom. The average molecular weight is 459 g/mol.